The van der Waals surface area contributed by atoms with E-state index in [1.807, 2.05) is 13.8 Å². The fraction of sp³-hybridized carbons (Fsp3) is 0.467. The molecule has 8 heteroatoms. The molecule has 2 heterocycles. The highest BCUT2D eigenvalue weighted by Gasteiger charge is 2.30. The first-order valence-electron chi connectivity index (χ1n) is 7.38. The summed E-state index contributed by atoms with van der Waals surface area (Å²) >= 11 is 5.35. The Kier molecular flexibility index (Phi) is 5.49. The molecule has 0 unspecified atom stereocenters. The van der Waals surface area contributed by atoms with E-state index in [-0.39, 0.29) is 17.6 Å². The molecule has 0 spiro atoms. The van der Waals surface area contributed by atoms with Crippen LogP contribution in [0.5, 0.6) is 0 Å². The van der Waals surface area contributed by atoms with Crippen molar-refractivity contribution in [2.24, 2.45) is 0 Å². The Morgan fingerprint density at radius 1 is 1.30 bits per heavy atom. The van der Waals surface area contributed by atoms with Gasteiger partial charge in [-0.05, 0) is 44.6 Å². The number of ether oxygens (including phenoxy) is 1. The number of hydrogen-bond donors (Lipinski definition) is 1. The Hall–Kier alpha value is -2.22. The van der Waals surface area contributed by atoms with Crippen LogP contribution in [-0.4, -0.2) is 58.2 Å². The second-order valence-corrected chi connectivity index (χ2v) is 5.82. The van der Waals surface area contributed by atoms with Gasteiger partial charge >= 0.3 is 5.97 Å². The number of carbonyl (C=O) groups is 2. The third-order valence-electron chi connectivity index (χ3n) is 3.32. The van der Waals surface area contributed by atoms with Crippen LogP contribution in [0.15, 0.2) is 18.3 Å². The lowest BCUT2D eigenvalue weighted by Gasteiger charge is -2.30. The lowest BCUT2D eigenvalue weighted by molar-refractivity contribution is 0.0482. The number of nitrogens with one attached hydrogen (secondary N) is 1. The number of methoxy groups -OCH3 is 1. The Balaban J connectivity index is 2.12. The number of nitrogens with zero attached hydrogens (tertiary/aromatic N) is 3. The van der Waals surface area contributed by atoms with Gasteiger partial charge in [-0.1, -0.05) is 0 Å². The number of pyridine rings is 1. The number of amides is 1. The van der Waals surface area contributed by atoms with E-state index in [1.54, 1.807) is 10.0 Å². The van der Waals surface area contributed by atoms with Crippen molar-refractivity contribution in [1.29, 1.82) is 0 Å². The smallest absolute Gasteiger partial charge is 0.339 e. The summed E-state index contributed by atoms with van der Waals surface area (Å²) < 4.78 is 4.61. The van der Waals surface area contributed by atoms with Crippen LogP contribution in [0.2, 0.25) is 0 Å². The van der Waals surface area contributed by atoms with Gasteiger partial charge < -0.3 is 10.1 Å². The van der Waals surface area contributed by atoms with E-state index in [0.29, 0.717) is 23.8 Å². The van der Waals surface area contributed by atoms with E-state index in [1.165, 1.54) is 25.4 Å². The van der Waals surface area contributed by atoms with Crippen molar-refractivity contribution >= 4 is 29.2 Å². The third-order valence-corrected chi connectivity index (χ3v) is 3.64. The van der Waals surface area contributed by atoms with E-state index < -0.39 is 5.97 Å². The highest BCUT2D eigenvalue weighted by Crippen LogP contribution is 2.15. The minimum absolute atomic E-state index is 0.192. The molecule has 1 amide bonds. The van der Waals surface area contributed by atoms with Crippen molar-refractivity contribution < 1.29 is 14.3 Å². The lowest BCUT2D eigenvalue weighted by Crippen LogP contribution is -2.50. The molecule has 1 aliphatic rings. The Labute approximate surface area is 140 Å². The van der Waals surface area contributed by atoms with Gasteiger partial charge in [0.25, 0.3) is 5.91 Å². The number of hydrazine groups is 1. The SMILES string of the molecule is COC(=O)c1ccc(C(=O)N2CCCN2C(=S)NC(C)C)nc1. The molecule has 1 N–H and O–H groups in total. The molecule has 0 aliphatic carbocycles. The predicted octanol–water partition coefficient (Wildman–Crippen LogP) is 1.21. The molecular weight excluding hydrogens is 316 g/mol. The van der Waals surface area contributed by atoms with Crippen molar-refractivity contribution in [2.45, 2.75) is 26.3 Å². The number of hydrogen-bond acceptors (Lipinski definition) is 5. The average molecular weight is 336 g/mol. The monoisotopic (exact) mass is 336 g/mol. The number of aromatic nitrogens is 1. The summed E-state index contributed by atoms with van der Waals surface area (Å²) in [6, 6.07) is 3.23. The van der Waals surface area contributed by atoms with Crippen molar-refractivity contribution in [3.05, 3.63) is 29.6 Å². The summed E-state index contributed by atoms with van der Waals surface area (Å²) in [5.74, 6) is -0.728. The molecule has 1 aromatic heterocycles. The topological polar surface area (TPSA) is 74.8 Å². The number of rotatable bonds is 3. The summed E-state index contributed by atoms with van der Waals surface area (Å²) in [4.78, 5) is 28.1. The molecule has 2 rings (SSSR count). The van der Waals surface area contributed by atoms with Crippen LogP contribution >= 0.6 is 12.2 Å². The van der Waals surface area contributed by atoms with Gasteiger partial charge in [0.15, 0.2) is 5.11 Å². The van der Waals surface area contributed by atoms with Crippen LogP contribution in [0, 0.1) is 0 Å². The standard InChI is InChI=1S/C15H20N4O3S/c1-10(2)17-15(23)19-8-4-7-18(19)13(20)12-6-5-11(9-16-12)14(21)22-3/h5-6,9-10H,4,7-8H2,1-3H3,(H,17,23). The van der Waals surface area contributed by atoms with Crippen molar-refractivity contribution in [1.82, 2.24) is 20.3 Å². The van der Waals surface area contributed by atoms with Crippen LogP contribution in [0.1, 0.15) is 41.1 Å². The summed E-state index contributed by atoms with van der Waals surface area (Å²) in [5.41, 5.74) is 0.566. The Morgan fingerprint density at radius 2 is 2.00 bits per heavy atom. The quantitative estimate of drug-likeness (QED) is 0.657. The van der Waals surface area contributed by atoms with Crippen molar-refractivity contribution in [2.75, 3.05) is 20.2 Å². The van der Waals surface area contributed by atoms with Crippen LogP contribution in [0.25, 0.3) is 0 Å². The minimum atomic E-state index is -0.485. The minimum Gasteiger partial charge on any atom is -0.465 e. The molecule has 124 valence electrons. The summed E-state index contributed by atoms with van der Waals surface area (Å²) in [7, 11) is 1.30. The van der Waals surface area contributed by atoms with Crippen LogP contribution in [0.3, 0.4) is 0 Å². The Bertz CT molecular complexity index is 603. The first-order chi connectivity index (χ1) is 10.9. The predicted molar refractivity (Wildman–Crippen MR) is 88.8 cm³/mol. The molecule has 23 heavy (non-hydrogen) atoms. The number of thiocarbonyl (C=S) groups is 1. The molecule has 1 fully saturated rings. The molecule has 7 nitrogen and oxygen atoms in total. The molecule has 1 aliphatic heterocycles. The van der Waals surface area contributed by atoms with Gasteiger partial charge in [-0.15, -0.1) is 0 Å². The highest BCUT2D eigenvalue weighted by atomic mass is 32.1. The summed E-state index contributed by atoms with van der Waals surface area (Å²) in [5, 5.41) is 7.00. The largest absolute Gasteiger partial charge is 0.465 e. The lowest BCUT2D eigenvalue weighted by atomic mass is 10.2. The van der Waals surface area contributed by atoms with Crippen molar-refractivity contribution in [3.8, 4) is 0 Å². The first kappa shape index (κ1) is 17.1. The van der Waals surface area contributed by atoms with E-state index in [2.05, 4.69) is 15.0 Å². The molecule has 0 radical (unpaired) electrons. The molecule has 0 atom stereocenters. The van der Waals surface area contributed by atoms with Crippen LogP contribution in [0.4, 0.5) is 0 Å². The van der Waals surface area contributed by atoms with Gasteiger partial charge in [-0.25, -0.2) is 9.80 Å². The van der Waals surface area contributed by atoms with Crippen LogP contribution in [-0.2, 0) is 4.74 Å². The number of esters is 1. The summed E-state index contributed by atoms with van der Waals surface area (Å²) in [6.45, 7) is 5.24. The average Bonchev–Trinajstić information content (AvgIpc) is 3.02. The van der Waals surface area contributed by atoms with E-state index in [4.69, 9.17) is 12.2 Å². The number of carbonyl (C=O) groups excluding carboxylic acids is 2. The second kappa shape index (κ2) is 7.36. The van der Waals surface area contributed by atoms with E-state index in [0.717, 1.165) is 6.42 Å². The molecule has 1 aromatic rings. The van der Waals surface area contributed by atoms with E-state index in [9.17, 15) is 9.59 Å². The second-order valence-electron chi connectivity index (χ2n) is 5.43. The highest BCUT2D eigenvalue weighted by molar-refractivity contribution is 7.80. The zero-order valence-electron chi connectivity index (χ0n) is 13.4. The fourth-order valence-corrected chi connectivity index (χ4v) is 2.67. The maximum atomic E-state index is 12.6. The normalized spacial score (nSPS) is 14.1. The Morgan fingerprint density at radius 3 is 2.57 bits per heavy atom. The van der Waals surface area contributed by atoms with Crippen molar-refractivity contribution in [3.63, 3.8) is 0 Å². The zero-order chi connectivity index (χ0) is 17.0. The maximum Gasteiger partial charge on any atom is 0.339 e. The van der Waals surface area contributed by atoms with Crippen LogP contribution < -0.4 is 5.32 Å². The summed E-state index contributed by atoms with van der Waals surface area (Å²) in [6.07, 6.45) is 2.18. The first-order valence-corrected chi connectivity index (χ1v) is 7.79. The van der Waals surface area contributed by atoms with E-state index >= 15 is 0 Å². The van der Waals surface area contributed by atoms with Gasteiger partial charge in [0.1, 0.15) is 5.69 Å². The van der Waals surface area contributed by atoms with Gasteiger partial charge in [0.05, 0.1) is 12.7 Å². The van der Waals surface area contributed by atoms with Gasteiger partial charge in [-0.3, -0.25) is 14.8 Å². The van der Waals surface area contributed by atoms with Gasteiger partial charge in [-0.2, -0.15) is 0 Å². The molecular formula is C15H20N4O3S. The van der Waals surface area contributed by atoms with Gasteiger partial charge in [0.2, 0.25) is 0 Å². The maximum absolute atomic E-state index is 12.6. The third kappa shape index (κ3) is 3.95. The molecule has 0 bridgehead atoms. The molecule has 1 saturated heterocycles. The zero-order valence-corrected chi connectivity index (χ0v) is 14.2. The van der Waals surface area contributed by atoms with Gasteiger partial charge in [0, 0.05) is 25.3 Å². The molecule has 0 saturated carbocycles. The molecule has 0 aromatic carbocycles. The fourth-order valence-electron chi connectivity index (χ4n) is 2.25.